The van der Waals surface area contributed by atoms with Crippen molar-refractivity contribution in [2.75, 3.05) is 6.54 Å². The molecule has 0 bridgehead atoms. The standard InChI is InChI=1S/C19H22N4O.HI/c1-2-7-18-14(5-1)11-17(24-18)13-22-19(23-15-8-9-15)21-12-16-6-3-4-10-20-16;/h1-7,10,15,17H,8-9,11-13H2,(H2,21,22,23);1H. The van der Waals surface area contributed by atoms with Crippen LogP contribution in [-0.2, 0) is 13.0 Å². The fourth-order valence-electron chi connectivity index (χ4n) is 2.80. The molecule has 4 rings (SSSR count). The van der Waals surface area contributed by atoms with Gasteiger partial charge in [-0.1, -0.05) is 24.3 Å². The average Bonchev–Trinajstić information content (AvgIpc) is 3.34. The molecule has 0 amide bonds. The Kier molecular flexibility index (Phi) is 6.12. The smallest absolute Gasteiger partial charge is 0.191 e. The van der Waals surface area contributed by atoms with Gasteiger partial charge in [0.1, 0.15) is 11.9 Å². The van der Waals surface area contributed by atoms with Gasteiger partial charge in [-0.3, -0.25) is 4.98 Å². The van der Waals surface area contributed by atoms with Crippen molar-refractivity contribution in [1.82, 2.24) is 15.6 Å². The number of fused-ring (bicyclic) bond motifs is 1. The summed E-state index contributed by atoms with van der Waals surface area (Å²) >= 11 is 0. The Labute approximate surface area is 165 Å². The number of aliphatic imine (C=N–C) groups is 1. The van der Waals surface area contributed by atoms with Gasteiger partial charge in [0.25, 0.3) is 0 Å². The molecule has 5 nitrogen and oxygen atoms in total. The summed E-state index contributed by atoms with van der Waals surface area (Å²) in [4.78, 5) is 8.98. The summed E-state index contributed by atoms with van der Waals surface area (Å²) in [6, 6.07) is 14.7. The molecular formula is C19H23IN4O. The predicted molar refractivity (Wildman–Crippen MR) is 110 cm³/mol. The highest BCUT2D eigenvalue weighted by molar-refractivity contribution is 14.0. The van der Waals surface area contributed by atoms with Crippen LogP contribution in [0.1, 0.15) is 24.1 Å². The molecule has 1 unspecified atom stereocenters. The van der Waals surface area contributed by atoms with Gasteiger partial charge in [0, 0.05) is 18.7 Å². The lowest BCUT2D eigenvalue weighted by molar-refractivity contribution is 0.235. The van der Waals surface area contributed by atoms with Gasteiger partial charge < -0.3 is 15.4 Å². The maximum absolute atomic E-state index is 5.98. The number of benzene rings is 1. The summed E-state index contributed by atoms with van der Waals surface area (Å²) in [6.45, 7) is 1.32. The summed E-state index contributed by atoms with van der Waals surface area (Å²) in [5.74, 6) is 1.86. The van der Waals surface area contributed by atoms with E-state index < -0.39 is 0 Å². The second-order valence-electron chi connectivity index (χ2n) is 6.34. The molecule has 0 spiro atoms. The number of hydrogen-bond acceptors (Lipinski definition) is 3. The first-order valence-corrected chi connectivity index (χ1v) is 8.56. The van der Waals surface area contributed by atoms with Crippen LogP contribution in [0, 0.1) is 0 Å². The molecule has 2 heterocycles. The van der Waals surface area contributed by atoms with Crippen molar-refractivity contribution in [2.24, 2.45) is 4.99 Å². The predicted octanol–water partition coefficient (Wildman–Crippen LogP) is 2.90. The number of aromatic nitrogens is 1. The molecule has 6 heteroatoms. The molecule has 1 aliphatic heterocycles. The minimum absolute atomic E-state index is 0. The van der Waals surface area contributed by atoms with Crippen LogP contribution >= 0.6 is 24.0 Å². The number of nitrogens with zero attached hydrogens (tertiary/aromatic N) is 2. The highest BCUT2D eigenvalue weighted by Crippen LogP contribution is 2.27. The SMILES string of the molecule is I.c1ccc(CN=C(NCC2Cc3ccccc3O2)NC2CC2)nc1. The molecule has 0 radical (unpaired) electrons. The van der Waals surface area contributed by atoms with Crippen molar-refractivity contribution < 1.29 is 4.74 Å². The highest BCUT2D eigenvalue weighted by atomic mass is 127. The molecule has 2 aromatic rings. The van der Waals surface area contributed by atoms with Crippen LogP contribution in [-0.4, -0.2) is 29.6 Å². The van der Waals surface area contributed by atoms with E-state index >= 15 is 0 Å². The summed E-state index contributed by atoms with van der Waals surface area (Å²) in [7, 11) is 0. The van der Waals surface area contributed by atoms with E-state index in [1.165, 1.54) is 18.4 Å². The number of halogens is 1. The Morgan fingerprint density at radius 2 is 2.00 bits per heavy atom. The Morgan fingerprint density at radius 1 is 1.16 bits per heavy atom. The fourth-order valence-corrected chi connectivity index (χ4v) is 2.80. The zero-order valence-electron chi connectivity index (χ0n) is 14.0. The lowest BCUT2D eigenvalue weighted by atomic mass is 10.1. The minimum Gasteiger partial charge on any atom is -0.488 e. The molecule has 1 fully saturated rings. The third-order valence-corrected chi connectivity index (χ3v) is 4.25. The van der Waals surface area contributed by atoms with Gasteiger partial charge in [0.05, 0.1) is 18.8 Å². The van der Waals surface area contributed by atoms with Gasteiger partial charge in [-0.25, -0.2) is 4.99 Å². The van der Waals surface area contributed by atoms with Crippen LogP contribution in [0.5, 0.6) is 5.75 Å². The van der Waals surface area contributed by atoms with Gasteiger partial charge in [-0.15, -0.1) is 24.0 Å². The van der Waals surface area contributed by atoms with Crippen LogP contribution in [0.25, 0.3) is 0 Å². The van der Waals surface area contributed by atoms with E-state index in [0.29, 0.717) is 12.6 Å². The van der Waals surface area contributed by atoms with Crippen molar-refractivity contribution in [3.05, 3.63) is 59.9 Å². The minimum atomic E-state index is 0. The monoisotopic (exact) mass is 450 g/mol. The van der Waals surface area contributed by atoms with E-state index in [-0.39, 0.29) is 30.1 Å². The molecule has 1 atom stereocenters. The van der Waals surface area contributed by atoms with Gasteiger partial charge >= 0.3 is 0 Å². The first-order valence-electron chi connectivity index (χ1n) is 8.56. The van der Waals surface area contributed by atoms with Crippen LogP contribution in [0.3, 0.4) is 0 Å². The van der Waals surface area contributed by atoms with Crippen molar-refractivity contribution in [3.63, 3.8) is 0 Å². The molecule has 1 aromatic heterocycles. The maximum atomic E-state index is 5.98. The number of hydrogen-bond donors (Lipinski definition) is 2. The summed E-state index contributed by atoms with van der Waals surface area (Å²) in [5.41, 5.74) is 2.25. The van der Waals surface area contributed by atoms with E-state index in [4.69, 9.17) is 4.74 Å². The van der Waals surface area contributed by atoms with E-state index in [9.17, 15) is 0 Å². The largest absolute Gasteiger partial charge is 0.488 e. The van der Waals surface area contributed by atoms with Crippen LogP contribution in [0.15, 0.2) is 53.7 Å². The number of nitrogens with one attached hydrogen (secondary N) is 2. The molecular weight excluding hydrogens is 427 g/mol. The van der Waals surface area contributed by atoms with Crippen molar-refractivity contribution in [1.29, 1.82) is 0 Å². The van der Waals surface area contributed by atoms with E-state index in [0.717, 1.165) is 30.4 Å². The number of pyridine rings is 1. The summed E-state index contributed by atoms with van der Waals surface area (Å²) < 4.78 is 5.98. The van der Waals surface area contributed by atoms with Gasteiger partial charge in [0.15, 0.2) is 5.96 Å². The van der Waals surface area contributed by atoms with Crippen LogP contribution in [0.4, 0.5) is 0 Å². The molecule has 2 aliphatic rings. The Hall–Kier alpha value is -1.83. The van der Waals surface area contributed by atoms with Gasteiger partial charge in [-0.05, 0) is 36.6 Å². The number of para-hydroxylation sites is 1. The highest BCUT2D eigenvalue weighted by Gasteiger charge is 2.25. The molecule has 132 valence electrons. The molecule has 0 saturated heterocycles. The Morgan fingerprint density at radius 3 is 2.76 bits per heavy atom. The quantitative estimate of drug-likeness (QED) is 0.418. The average molecular weight is 450 g/mol. The maximum Gasteiger partial charge on any atom is 0.191 e. The second kappa shape index (κ2) is 8.51. The van der Waals surface area contributed by atoms with Crippen molar-refractivity contribution in [3.8, 4) is 5.75 Å². The first-order chi connectivity index (χ1) is 11.9. The second-order valence-corrected chi connectivity index (χ2v) is 6.34. The fraction of sp³-hybridized carbons (Fsp3) is 0.368. The van der Waals surface area contributed by atoms with E-state index in [1.54, 1.807) is 6.20 Å². The van der Waals surface area contributed by atoms with Gasteiger partial charge in [-0.2, -0.15) is 0 Å². The summed E-state index contributed by atoms with van der Waals surface area (Å²) in [5, 5.41) is 6.89. The van der Waals surface area contributed by atoms with Crippen LogP contribution in [0.2, 0.25) is 0 Å². The first kappa shape index (κ1) is 18.0. The lowest BCUT2D eigenvalue weighted by Crippen LogP contribution is -2.43. The van der Waals surface area contributed by atoms with Crippen molar-refractivity contribution in [2.45, 2.75) is 38.0 Å². The molecule has 1 aromatic carbocycles. The van der Waals surface area contributed by atoms with E-state index in [1.807, 2.05) is 30.3 Å². The molecule has 25 heavy (non-hydrogen) atoms. The number of guanidine groups is 1. The zero-order valence-corrected chi connectivity index (χ0v) is 16.4. The Balaban J connectivity index is 0.00000182. The molecule has 1 saturated carbocycles. The number of rotatable bonds is 5. The third kappa shape index (κ3) is 5.07. The zero-order chi connectivity index (χ0) is 16.2. The number of ether oxygens (including phenoxy) is 1. The normalized spacial score (nSPS) is 18.7. The molecule has 2 N–H and O–H groups in total. The van der Waals surface area contributed by atoms with Crippen molar-refractivity contribution >= 4 is 29.9 Å². The lowest BCUT2D eigenvalue weighted by Gasteiger charge is -2.15. The van der Waals surface area contributed by atoms with Gasteiger partial charge in [0.2, 0.25) is 0 Å². The molecule has 1 aliphatic carbocycles. The summed E-state index contributed by atoms with van der Waals surface area (Å²) in [6.07, 6.45) is 5.34. The third-order valence-electron chi connectivity index (χ3n) is 4.25. The van der Waals surface area contributed by atoms with Crippen LogP contribution < -0.4 is 15.4 Å². The Bertz CT molecular complexity index is 693. The van der Waals surface area contributed by atoms with E-state index in [2.05, 4.69) is 32.7 Å². The topological polar surface area (TPSA) is 58.5 Å².